The van der Waals surface area contributed by atoms with Gasteiger partial charge in [0.05, 0.1) is 0 Å². The van der Waals surface area contributed by atoms with E-state index in [1.165, 1.54) is 0 Å². The largest absolute Gasteiger partial charge is 0.350 e. The predicted molar refractivity (Wildman–Crippen MR) is 54.4 cm³/mol. The van der Waals surface area contributed by atoms with Gasteiger partial charge in [0, 0.05) is 5.71 Å². The van der Waals surface area contributed by atoms with Gasteiger partial charge in [0.1, 0.15) is 0 Å². The quantitative estimate of drug-likeness (QED) is 0.508. The predicted octanol–water partition coefficient (Wildman–Crippen LogP) is 1.71. The van der Waals surface area contributed by atoms with E-state index in [0.29, 0.717) is 11.8 Å². The van der Waals surface area contributed by atoms with Crippen LogP contribution in [-0.2, 0) is 0 Å². The Hall–Kier alpha value is -1.06. The van der Waals surface area contributed by atoms with Crippen LogP contribution in [0.3, 0.4) is 0 Å². The van der Waals surface area contributed by atoms with Crippen molar-refractivity contribution in [1.82, 2.24) is 5.43 Å². The maximum atomic E-state index is 10.4. The van der Waals surface area contributed by atoms with Gasteiger partial charge >= 0.3 is 6.03 Å². The number of carbonyl (C=O) groups excluding carboxylic acids is 1. The smallest absolute Gasteiger partial charge is 0.332 e. The van der Waals surface area contributed by atoms with Gasteiger partial charge in [0.15, 0.2) is 0 Å². The number of urea groups is 1. The van der Waals surface area contributed by atoms with Gasteiger partial charge in [0.25, 0.3) is 0 Å². The van der Waals surface area contributed by atoms with Crippen LogP contribution in [0.4, 0.5) is 4.79 Å². The van der Waals surface area contributed by atoms with Gasteiger partial charge in [-0.15, -0.1) is 0 Å². The average molecular weight is 185 g/mol. The van der Waals surface area contributed by atoms with Crippen molar-refractivity contribution >= 4 is 11.7 Å². The average Bonchev–Trinajstić information content (AvgIpc) is 1.96. The molecule has 0 atom stereocenters. The maximum absolute atomic E-state index is 10.4. The van der Waals surface area contributed by atoms with E-state index in [2.05, 4.69) is 24.4 Å². The Morgan fingerprint density at radius 3 is 2.23 bits per heavy atom. The number of rotatable bonds is 4. The van der Waals surface area contributed by atoms with Crippen molar-refractivity contribution in [2.45, 2.75) is 34.1 Å². The molecule has 0 rings (SSSR count). The first-order valence-corrected chi connectivity index (χ1v) is 4.55. The molecule has 4 heteroatoms. The first-order valence-electron chi connectivity index (χ1n) is 4.55. The Morgan fingerprint density at radius 2 is 1.92 bits per heavy atom. The molecule has 0 fully saturated rings. The molecule has 0 heterocycles. The summed E-state index contributed by atoms with van der Waals surface area (Å²) in [6.45, 7) is 8.32. The summed E-state index contributed by atoms with van der Waals surface area (Å²) in [5.41, 5.74) is 8.15. The van der Waals surface area contributed by atoms with Crippen LogP contribution in [0.1, 0.15) is 34.1 Å². The first kappa shape index (κ1) is 11.9. The van der Waals surface area contributed by atoms with Crippen LogP contribution in [0.2, 0.25) is 0 Å². The molecule has 0 saturated carbocycles. The molecule has 0 aliphatic rings. The molecule has 13 heavy (non-hydrogen) atoms. The van der Waals surface area contributed by atoms with Gasteiger partial charge in [-0.25, -0.2) is 10.2 Å². The minimum absolute atomic E-state index is 0.342. The van der Waals surface area contributed by atoms with Gasteiger partial charge < -0.3 is 5.73 Å². The molecule has 0 spiro atoms. The van der Waals surface area contributed by atoms with Crippen LogP contribution in [0.25, 0.3) is 0 Å². The summed E-state index contributed by atoms with van der Waals surface area (Å²) >= 11 is 0. The third-order valence-electron chi connectivity index (χ3n) is 1.59. The highest BCUT2D eigenvalue weighted by Crippen LogP contribution is 2.08. The van der Waals surface area contributed by atoms with Crippen molar-refractivity contribution in [2.24, 2.45) is 22.7 Å². The number of hydrogen-bond acceptors (Lipinski definition) is 2. The monoisotopic (exact) mass is 185 g/mol. The van der Waals surface area contributed by atoms with Crippen LogP contribution in [0.15, 0.2) is 5.10 Å². The second-order valence-corrected chi connectivity index (χ2v) is 3.83. The highest BCUT2D eigenvalue weighted by molar-refractivity contribution is 5.87. The lowest BCUT2D eigenvalue weighted by molar-refractivity contribution is 0.249. The summed E-state index contributed by atoms with van der Waals surface area (Å²) in [4.78, 5) is 10.4. The lowest BCUT2D eigenvalue weighted by atomic mass is 9.98. The third kappa shape index (κ3) is 6.13. The molecule has 4 nitrogen and oxygen atoms in total. The van der Waals surface area contributed by atoms with Crippen molar-refractivity contribution < 1.29 is 4.79 Å². The zero-order valence-electron chi connectivity index (χ0n) is 8.79. The van der Waals surface area contributed by atoms with E-state index in [1.807, 2.05) is 13.8 Å². The van der Waals surface area contributed by atoms with E-state index in [0.717, 1.165) is 12.1 Å². The van der Waals surface area contributed by atoms with Crippen LogP contribution in [0, 0.1) is 11.8 Å². The van der Waals surface area contributed by atoms with E-state index in [4.69, 9.17) is 5.73 Å². The van der Waals surface area contributed by atoms with E-state index in [-0.39, 0.29) is 0 Å². The highest BCUT2D eigenvalue weighted by atomic mass is 16.2. The number of primary amides is 1. The summed E-state index contributed by atoms with van der Waals surface area (Å²) in [5, 5.41) is 3.96. The van der Waals surface area contributed by atoms with Gasteiger partial charge in [-0.05, 0) is 18.3 Å². The highest BCUT2D eigenvalue weighted by Gasteiger charge is 2.07. The zero-order valence-corrected chi connectivity index (χ0v) is 8.79. The summed E-state index contributed by atoms with van der Waals surface area (Å²) < 4.78 is 0. The van der Waals surface area contributed by atoms with Crippen molar-refractivity contribution in [3.8, 4) is 0 Å². The molecular weight excluding hydrogens is 166 g/mol. The molecule has 0 aromatic heterocycles. The molecule has 3 N–H and O–H groups in total. The Morgan fingerprint density at radius 1 is 1.38 bits per heavy atom. The summed E-state index contributed by atoms with van der Waals surface area (Å²) in [5.74, 6) is 0.880. The molecule has 0 aromatic carbocycles. The van der Waals surface area contributed by atoms with Crippen LogP contribution >= 0.6 is 0 Å². The number of hydrazone groups is 1. The second-order valence-electron chi connectivity index (χ2n) is 3.83. The normalized spacial score (nSPS) is 12.3. The SMILES string of the molecule is CC(C)C/C(=N/NC(N)=O)C(C)C. The van der Waals surface area contributed by atoms with Crippen molar-refractivity contribution in [3.63, 3.8) is 0 Å². The van der Waals surface area contributed by atoms with Crippen molar-refractivity contribution in [2.75, 3.05) is 0 Å². The summed E-state index contributed by atoms with van der Waals surface area (Å²) in [6, 6.07) is -0.609. The van der Waals surface area contributed by atoms with Gasteiger partial charge in [-0.1, -0.05) is 27.7 Å². The Labute approximate surface area is 79.6 Å². The molecule has 0 saturated heterocycles. The number of hydrogen-bond donors (Lipinski definition) is 2. The lowest BCUT2D eigenvalue weighted by Crippen LogP contribution is -2.27. The van der Waals surface area contributed by atoms with E-state index >= 15 is 0 Å². The topological polar surface area (TPSA) is 67.5 Å². The Balaban J connectivity index is 4.23. The van der Waals surface area contributed by atoms with E-state index < -0.39 is 6.03 Å². The maximum Gasteiger partial charge on any atom is 0.332 e. The van der Waals surface area contributed by atoms with E-state index in [1.54, 1.807) is 0 Å². The molecule has 76 valence electrons. The molecule has 0 aliphatic heterocycles. The molecule has 0 bridgehead atoms. The summed E-state index contributed by atoms with van der Waals surface area (Å²) in [6.07, 6.45) is 0.887. The van der Waals surface area contributed by atoms with Crippen molar-refractivity contribution in [1.29, 1.82) is 0 Å². The van der Waals surface area contributed by atoms with Gasteiger partial charge in [0.2, 0.25) is 0 Å². The lowest BCUT2D eigenvalue weighted by Gasteiger charge is -2.11. The fraction of sp³-hybridized carbons (Fsp3) is 0.778. The fourth-order valence-electron chi connectivity index (χ4n) is 0.956. The van der Waals surface area contributed by atoms with Gasteiger partial charge in [-0.2, -0.15) is 5.10 Å². The number of carbonyl (C=O) groups is 1. The first-order chi connectivity index (χ1) is 5.93. The minimum Gasteiger partial charge on any atom is -0.350 e. The standard InChI is InChI=1S/C9H19N3O/c1-6(2)5-8(7(3)4)11-12-9(10)13/h6-7H,5H2,1-4H3,(H3,10,12,13)/b11-8-. The third-order valence-corrected chi connectivity index (χ3v) is 1.59. The number of nitrogens with zero attached hydrogens (tertiary/aromatic N) is 1. The fourth-order valence-corrected chi connectivity index (χ4v) is 0.956. The minimum atomic E-state index is -0.609. The number of amides is 2. The number of nitrogens with two attached hydrogens (primary N) is 1. The van der Waals surface area contributed by atoms with Crippen LogP contribution in [0.5, 0.6) is 0 Å². The Kier molecular flexibility index (Phi) is 5.11. The molecule has 0 aliphatic carbocycles. The van der Waals surface area contributed by atoms with E-state index in [9.17, 15) is 4.79 Å². The second kappa shape index (κ2) is 5.56. The van der Waals surface area contributed by atoms with Crippen LogP contribution < -0.4 is 11.2 Å². The molecule has 0 unspecified atom stereocenters. The molecule has 0 radical (unpaired) electrons. The summed E-state index contributed by atoms with van der Waals surface area (Å²) in [7, 11) is 0. The molecule has 0 aromatic rings. The molecular formula is C9H19N3O. The van der Waals surface area contributed by atoms with Gasteiger partial charge in [-0.3, -0.25) is 0 Å². The van der Waals surface area contributed by atoms with Crippen molar-refractivity contribution in [3.05, 3.63) is 0 Å². The molecule has 2 amide bonds. The zero-order chi connectivity index (χ0) is 10.4. The number of nitrogens with one attached hydrogen (secondary N) is 1. The van der Waals surface area contributed by atoms with Crippen LogP contribution in [-0.4, -0.2) is 11.7 Å². The Bertz CT molecular complexity index is 197.